The van der Waals surface area contributed by atoms with Gasteiger partial charge in [0, 0.05) is 49.2 Å². The van der Waals surface area contributed by atoms with E-state index in [9.17, 15) is 9.18 Å². The Morgan fingerprint density at radius 1 is 1.12 bits per heavy atom. The number of rotatable bonds is 10. The summed E-state index contributed by atoms with van der Waals surface area (Å²) in [5.74, 6) is -0.992. The number of ether oxygens (including phenoxy) is 2. The number of nitrogens with zero attached hydrogens (tertiary/aromatic N) is 6. The highest BCUT2D eigenvalue weighted by atomic mass is 19.1. The van der Waals surface area contributed by atoms with Gasteiger partial charge in [0.05, 0.1) is 31.6 Å². The number of anilines is 2. The fraction of sp³-hybridized carbons (Fsp3) is 0.455. The monoisotopic (exact) mass is 584 g/mol. The Morgan fingerprint density at radius 3 is 2.70 bits per heavy atom. The quantitative estimate of drug-likeness (QED) is 0.191. The second-order valence-corrected chi connectivity index (χ2v) is 11.5. The topological polar surface area (TPSA) is 75.4 Å². The van der Waals surface area contributed by atoms with E-state index in [1.54, 1.807) is 0 Å². The minimum absolute atomic E-state index is 0.0708. The molecule has 3 aliphatic rings. The maximum absolute atomic E-state index is 13.8. The maximum atomic E-state index is 13.8. The van der Waals surface area contributed by atoms with Gasteiger partial charge >= 0.3 is 6.01 Å². The summed E-state index contributed by atoms with van der Waals surface area (Å²) in [6.07, 6.45) is 4.15. The van der Waals surface area contributed by atoms with Gasteiger partial charge in [0.1, 0.15) is 11.9 Å². The average Bonchev–Trinajstić information content (AvgIpc) is 3.84. The molecule has 1 aliphatic carbocycles. The van der Waals surface area contributed by atoms with Crippen LogP contribution in [0.25, 0.3) is 15.6 Å². The molecule has 3 aromatic rings. The van der Waals surface area contributed by atoms with Gasteiger partial charge in [0.2, 0.25) is 6.54 Å². The molecule has 0 bridgehead atoms. The van der Waals surface area contributed by atoms with Crippen molar-refractivity contribution in [1.29, 1.82) is 0 Å². The second-order valence-electron chi connectivity index (χ2n) is 11.5. The molecule has 3 heterocycles. The third-order valence-corrected chi connectivity index (χ3v) is 8.43. The molecule has 1 saturated heterocycles. The average molecular weight is 585 g/mol. The van der Waals surface area contributed by atoms with E-state index in [1.165, 1.54) is 26.9 Å². The van der Waals surface area contributed by atoms with Crippen molar-refractivity contribution in [2.45, 2.75) is 51.3 Å². The van der Waals surface area contributed by atoms with E-state index in [-0.39, 0.29) is 13.1 Å². The van der Waals surface area contributed by atoms with E-state index in [4.69, 9.17) is 26.0 Å². The Hall–Kier alpha value is -4.23. The number of aryl methyl sites for hydroxylation is 1. The Balaban J connectivity index is 1.29. The number of aromatic nitrogens is 2. The van der Waals surface area contributed by atoms with Crippen molar-refractivity contribution in [2.75, 3.05) is 55.7 Å². The molecular formula is C33H37FN6O3. The van der Waals surface area contributed by atoms with Gasteiger partial charge in [-0.15, -0.1) is 0 Å². The lowest BCUT2D eigenvalue weighted by molar-refractivity contribution is -0.131. The molecule has 0 radical (unpaired) electrons. The van der Waals surface area contributed by atoms with Gasteiger partial charge in [-0.2, -0.15) is 9.97 Å². The zero-order chi connectivity index (χ0) is 29.9. The van der Waals surface area contributed by atoms with Crippen LogP contribution in [0.15, 0.2) is 48.8 Å². The number of halogens is 1. The molecule has 0 N–H and O–H groups in total. The molecular weight excluding hydrogens is 547 g/mol. The van der Waals surface area contributed by atoms with Crippen molar-refractivity contribution in [2.24, 2.45) is 0 Å². The highest BCUT2D eigenvalue weighted by Crippen LogP contribution is 2.36. The van der Waals surface area contributed by atoms with E-state index in [2.05, 4.69) is 64.5 Å². The molecule has 1 saturated carbocycles. The summed E-state index contributed by atoms with van der Waals surface area (Å²) >= 11 is 0. The van der Waals surface area contributed by atoms with Crippen molar-refractivity contribution in [3.8, 4) is 6.01 Å². The standard InChI is InChI=1S/C33H37FN6O3/c1-22-7-4-8-24-9-5-10-29(30(22)24)38-14-13-27-28(21-38)36-33(43-18-6-17-42-26-11-12-26)37-31(27)39-15-16-40(32(41)23(2)34)25(20-39)19-35-3/h4-5,7-10,25-26H,2,6,11-21H2,1H3/t25-/m0/s1. The second kappa shape index (κ2) is 12.6. The molecule has 2 aromatic carbocycles. The van der Waals surface area contributed by atoms with Crippen molar-refractivity contribution >= 4 is 28.2 Å². The minimum atomic E-state index is -1.01. The Morgan fingerprint density at radius 2 is 1.93 bits per heavy atom. The van der Waals surface area contributed by atoms with Crippen LogP contribution >= 0.6 is 0 Å². The molecule has 9 nitrogen and oxygen atoms in total. The lowest BCUT2D eigenvalue weighted by Gasteiger charge is -2.41. The Bertz CT molecular complexity index is 1560. The van der Waals surface area contributed by atoms with E-state index < -0.39 is 17.8 Å². The van der Waals surface area contributed by atoms with Crippen LogP contribution in [0.5, 0.6) is 6.01 Å². The van der Waals surface area contributed by atoms with Crippen molar-refractivity contribution in [1.82, 2.24) is 14.9 Å². The van der Waals surface area contributed by atoms with Crippen LogP contribution in [-0.4, -0.2) is 78.9 Å². The summed E-state index contributed by atoms with van der Waals surface area (Å²) in [7, 11) is 0. The van der Waals surface area contributed by atoms with Crippen molar-refractivity contribution in [3.05, 3.63) is 77.0 Å². The van der Waals surface area contributed by atoms with Crippen LogP contribution in [0.2, 0.25) is 0 Å². The smallest absolute Gasteiger partial charge is 0.318 e. The van der Waals surface area contributed by atoms with Gasteiger partial charge in [-0.05, 0) is 43.2 Å². The molecule has 2 aliphatic heterocycles. The molecule has 6 rings (SSSR count). The first-order valence-electron chi connectivity index (χ1n) is 15.0. The summed E-state index contributed by atoms with van der Waals surface area (Å²) in [5, 5.41) is 2.45. The zero-order valence-electron chi connectivity index (χ0n) is 24.6. The zero-order valence-corrected chi connectivity index (χ0v) is 24.6. The summed E-state index contributed by atoms with van der Waals surface area (Å²) in [4.78, 5) is 31.7. The van der Waals surface area contributed by atoms with Crippen molar-refractivity contribution < 1.29 is 18.7 Å². The van der Waals surface area contributed by atoms with Crippen LogP contribution in [0.1, 0.15) is 36.1 Å². The molecule has 1 atom stereocenters. The number of carbonyl (C=O) groups excluding carboxylic acids is 1. The van der Waals surface area contributed by atoms with Gasteiger partial charge in [-0.1, -0.05) is 36.9 Å². The predicted molar refractivity (Wildman–Crippen MR) is 164 cm³/mol. The van der Waals surface area contributed by atoms with E-state index in [1.807, 2.05) is 0 Å². The Kier molecular flexibility index (Phi) is 8.43. The molecule has 1 aromatic heterocycles. The molecule has 2 fully saturated rings. The van der Waals surface area contributed by atoms with E-state index in [0.29, 0.717) is 45.0 Å². The van der Waals surface area contributed by atoms with Crippen LogP contribution in [0.3, 0.4) is 0 Å². The third-order valence-electron chi connectivity index (χ3n) is 8.43. The van der Waals surface area contributed by atoms with E-state index in [0.717, 1.165) is 49.3 Å². The molecule has 1 amide bonds. The van der Waals surface area contributed by atoms with Crippen LogP contribution in [-0.2, 0) is 22.5 Å². The van der Waals surface area contributed by atoms with Crippen molar-refractivity contribution in [3.63, 3.8) is 0 Å². The summed E-state index contributed by atoms with van der Waals surface area (Å²) < 4.78 is 25.6. The number of amides is 1. The molecule has 224 valence electrons. The lowest BCUT2D eigenvalue weighted by atomic mass is 9.99. The first kappa shape index (κ1) is 28.9. The highest BCUT2D eigenvalue weighted by molar-refractivity contribution is 5.97. The summed E-state index contributed by atoms with van der Waals surface area (Å²) in [6, 6.07) is 12.6. The number of benzene rings is 2. The van der Waals surface area contributed by atoms with Gasteiger partial charge in [-0.3, -0.25) is 4.79 Å². The normalized spacial score (nSPS) is 18.3. The summed E-state index contributed by atoms with van der Waals surface area (Å²) in [6.45, 7) is 16.4. The summed E-state index contributed by atoms with van der Waals surface area (Å²) in [5.41, 5.74) is 4.36. The Labute approximate surface area is 251 Å². The highest BCUT2D eigenvalue weighted by Gasteiger charge is 2.36. The van der Waals surface area contributed by atoms with Crippen LogP contribution in [0.4, 0.5) is 15.9 Å². The first-order valence-corrected chi connectivity index (χ1v) is 15.0. The fourth-order valence-corrected chi connectivity index (χ4v) is 6.13. The number of carbonyl (C=O) groups is 1. The number of fused-ring (bicyclic) bond motifs is 2. The van der Waals surface area contributed by atoms with Gasteiger partial charge in [-0.25, -0.2) is 11.0 Å². The van der Waals surface area contributed by atoms with Gasteiger partial charge in [0.15, 0.2) is 5.83 Å². The van der Waals surface area contributed by atoms with Crippen LogP contribution in [0, 0.1) is 13.5 Å². The maximum Gasteiger partial charge on any atom is 0.318 e. The lowest BCUT2D eigenvalue weighted by Crippen LogP contribution is -2.57. The number of hydrogen-bond donors (Lipinski definition) is 0. The number of hydrogen-bond acceptors (Lipinski definition) is 7. The fourth-order valence-electron chi connectivity index (χ4n) is 6.13. The SMILES string of the molecule is [C-]#[N+]C[C@H]1CN(c2nc(OCCCOC3CC3)nc3c2CCN(c2cccc4cccc(C)c24)C3)CCN1C(=O)C(=C)F. The van der Waals surface area contributed by atoms with Gasteiger partial charge in [0.25, 0.3) is 5.91 Å². The minimum Gasteiger partial charge on any atom is -0.463 e. The number of piperazine rings is 1. The van der Waals surface area contributed by atoms with Crippen LogP contribution < -0.4 is 14.5 Å². The van der Waals surface area contributed by atoms with E-state index >= 15 is 0 Å². The van der Waals surface area contributed by atoms with Gasteiger partial charge < -0.3 is 29.0 Å². The molecule has 10 heteroatoms. The molecule has 0 spiro atoms. The molecule has 0 unspecified atom stereocenters. The predicted octanol–water partition coefficient (Wildman–Crippen LogP) is 4.87. The third kappa shape index (κ3) is 6.27. The first-order chi connectivity index (χ1) is 20.9. The largest absolute Gasteiger partial charge is 0.463 e. The molecule has 43 heavy (non-hydrogen) atoms.